The van der Waals surface area contributed by atoms with Crippen molar-refractivity contribution in [3.05, 3.63) is 194 Å². The van der Waals surface area contributed by atoms with Crippen LogP contribution >= 0.6 is 22.7 Å². The summed E-state index contributed by atoms with van der Waals surface area (Å²) in [5.41, 5.74) is 9.47. The number of aromatic nitrogens is 1. The molecule has 4 heterocycles. The fourth-order valence-electron chi connectivity index (χ4n) is 8.58. The van der Waals surface area contributed by atoms with Crippen LogP contribution in [0.5, 0.6) is 0 Å². The molecule has 0 fully saturated rings. The number of benzene rings is 8. The first-order chi connectivity index (χ1) is 27.7. The Bertz CT molecular complexity index is 3290. The number of hydrogen-bond acceptors (Lipinski definition) is 3. The highest BCUT2D eigenvalue weighted by Gasteiger charge is 2.18. The smallest absolute Gasteiger partial charge is 0.0476 e. The number of rotatable bonds is 5. The van der Waals surface area contributed by atoms with Crippen molar-refractivity contribution in [1.29, 1.82) is 0 Å². The zero-order valence-corrected chi connectivity index (χ0v) is 31.8. The summed E-state index contributed by atoms with van der Waals surface area (Å²) in [5, 5.41) is 10.5. The second kappa shape index (κ2) is 12.4. The largest absolute Gasteiger partial charge is 0.323 e. The van der Waals surface area contributed by atoms with Crippen LogP contribution in [0, 0.1) is 0 Å². The monoisotopic (exact) mass is 748 g/mol. The molecule has 56 heavy (non-hydrogen) atoms. The molecule has 12 rings (SSSR count). The van der Waals surface area contributed by atoms with Gasteiger partial charge in [0.2, 0.25) is 0 Å². The van der Waals surface area contributed by atoms with Crippen LogP contribution in [0.25, 0.3) is 89.7 Å². The number of fused-ring (bicyclic) bond motifs is 11. The predicted molar refractivity (Wildman–Crippen MR) is 244 cm³/mol. The molecule has 2 nitrogen and oxygen atoms in total. The molecule has 0 aliphatic rings. The van der Waals surface area contributed by atoms with E-state index in [2.05, 4.69) is 204 Å². The van der Waals surface area contributed by atoms with E-state index in [-0.39, 0.29) is 0 Å². The Balaban J connectivity index is 0.974. The number of nitrogens with zero attached hydrogens (tertiary/aromatic N) is 2. The van der Waals surface area contributed by atoms with Crippen LogP contribution in [0.4, 0.5) is 17.1 Å². The standard InChI is InChI=1S/C52H32N2S2/c1-3-10-43-36(7-1)18-24-47-45-26-22-41(30-49(45)55-51(43)47)54(42-23-27-46-48-25-19-37-8-2-4-11-44(37)52(48)56-50(46)31-42)39-20-16-34(17-21-39)33-12-14-35(15-13-33)38-29-40-9-5-6-28-53(40)32-38/h1-32H. The molecule has 262 valence electrons. The lowest BCUT2D eigenvalue weighted by Gasteiger charge is -2.26. The molecule has 0 saturated heterocycles. The van der Waals surface area contributed by atoms with Gasteiger partial charge in [0, 0.05) is 80.9 Å². The van der Waals surface area contributed by atoms with Crippen molar-refractivity contribution in [1.82, 2.24) is 4.40 Å². The molecule has 8 aromatic carbocycles. The first kappa shape index (κ1) is 31.6. The van der Waals surface area contributed by atoms with Crippen LogP contribution in [0.3, 0.4) is 0 Å². The number of hydrogen-bond donors (Lipinski definition) is 0. The lowest BCUT2D eigenvalue weighted by molar-refractivity contribution is 1.20. The molecule has 0 N–H and O–H groups in total. The maximum absolute atomic E-state index is 2.43. The maximum atomic E-state index is 2.43. The van der Waals surface area contributed by atoms with Gasteiger partial charge in [-0.15, -0.1) is 22.7 Å². The summed E-state index contributed by atoms with van der Waals surface area (Å²) in [5.74, 6) is 0. The van der Waals surface area contributed by atoms with Crippen molar-refractivity contribution in [3.63, 3.8) is 0 Å². The summed E-state index contributed by atoms with van der Waals surface area (Å²) in [6, 6.07) is 67.1. The van der Waals surface area contributed by atoms with Gasteiger partial charge in [-0.1, -0.05) is 127 Å². The van der Waals surface area contributed by atoms with Crippen molar-refractivity contribution in [2.45, 2.75) is 0 Å². The zero-order chi connectivity index (χ0) is 36.7. The lowest BCUT2D eigenvalue weighted by atomic mass is 10.0. The zero-order valence-electron chi connectivity index (χ0n) is 30.2. The Hall–Kier alpha value is -6.72. The third-order valence-electron chi connectivity index (χ3n) is 11.4. The van der Waals surface area contributed by atoms with E-state index in [4.69, 9.17) is 0 Å². The summed E-state index contributed by atoms with van der Waals surface area (Å²) < 4.78 is 7.46. The molecular weight excluding hydrogens is 717 g/mol. The molecule has 0 spiro atoms. The van der Waals surface area contributed by atoms with Gasteiger partial charge in [-0.3, -0.25) is 0 Å². The van der Waals surface area contributed by atoms with Gasteiger partial charge >= 0.3 is 0 Å². The maximum Gasteiger partial charge on any atom is 0.0476 e. The average Bonchev–Trinajstić information content (AvgIpc) is 3.97. The van der Waals surface area contributed by atoms with Crippen LogP contribution in [0.15, 0.2) is 194 Å². The summed E-state index contributed by atoms with van der Waals surface area (Å²) >= 11 is 3.79. The molecule has 12 aromatic rings. The minimum absolute atomic E-state index is 1.13. The molecule has 0 aliphatic carbocycles. The minimum Gasteiger partial charge on any atom is -0.323 e. The van der Waals surface area contributed by atoms with Crippen molar-refractivity contribution in [2.24, 2.45) is 0 Å². The minimum atomic E-state index is 1.13. The first-order valence-corrected chi connectivity index (χ1v) is 20.6. The molecule has 0 atom stereocenters. The van der Waals surface area contributed by atoms with Crippen LogP contribution < -0.4 is 4.90 Å². The number of anilines is 3. The van der Waals surface area contributed by atoms with Crippen molar-refractivity contribution >= 4 is 107 Å². The van der Waals surface area contributed by atoms with Gasteiger partial charge in [0.05, 0.1) is 0 Å². The van der Waals surface area contributed by atoms with E-state index in [0.717, 1.165) is 17.1 Å². The molecule has 0 amide bonds. The molecule has 0 radical (unpaired) electrons. The van der Waals surface area contributed by atoms with Crippen LogP contribution in [-0.2, 0) is 0 Å². The van der Waals surface area contributed by atoms with E-state index in [1.165, 1.54) is 89.7 Å². The third kappa shape index (κ3) is 5.00. The van der Waals surface area contributed by atoms with Gasteiger partial charge in [-0.05, 0) is 92.8 Å². The molecule has 4 heteroatoms. The summed E-state index contributed by atoms with van der Waals surface area (Å²) in [4.78, 5) is 2.43. The Morgan fingerprint density at radius 2 is 0.839 bits per heavy atom. The average molecular weight is 749 g/mol. The normalized spacial score (nSPS) is 11.9. The fourth-order valence-corrected chi connectivity index (χ4v) is 11.1. The van der Waals surface area contributed by atoms with E-state index in [0.29, 0.717) is 0 Å². The lowest BCUT2D eigenvalue weighted by Crippen LogP contribution is -2.09. The van der Waals surface area contributed by atoms with E-state index in [1.54, 1.807) is 0 Å². The Kier molecular flexibility index (Phi) is 7.00. The second-order valence-corrected chi connectivity index (χ2v) is 16.7. The third-order valence-corrected chi connectivity index (χ3v) is 13.8. The quantitative estimate of drug-likeness (QED) is 0.170. The van der Waals surface area contributed by atoms with Crippen LogP contribution in [0.2, 0.25) is 0 Å². The highest BCUT2D eigenvalue weighted by Crippen LogP contribution is 2.45. The Morgan fingerprint density at radius 1 is 0.357 bits per heavy atom. The van der Waals surface area contributed by atoms with Gasteiger partial charge in [0.15, 0.2) is 0 Å². The Labute approximate surface area is 331 Å². The number of thiophene rings is 2. The number of pyridine rings is 1. The summed E-state index contributed by atoms with van der Waals surface area (Å²) in [6.45, 7) is 0. The SMILES string of the molecule is c1ccc2c(c1)ccc1c3ccc(N(c4ccc(-c5ccc(-c6cc7ccccn7c6)cc5)cc4)c4ccc5c(c4)sc4c6ccccc6ccc54)cc3sc21. The van der Waals surface area contributed by atoms with E-state index in [9.17, 15) is 0 Å². The second-order valence-electron chi connectivity index (χ2n) is 14.6. The van der Waals surface area contributed by atoms with Crippen LogP contribution in [0.1, 0.15) is 0 Å². The van der Waals surface area contributed by atoms with Crippen molar-refractivity contribution in [3.8, 4) is 22.3 Å². The molecule has 0 unspecified atom stereocenters. The molecule has 0 bridgehead atoms. The van der Waals surface area contributed by atoms with Gasteiger partial charge in [0.1, 0.15) is 0 Å². The molecular formula is C52H32N2S2. The molecule has 0 aliphatic heterocycles. The van der Waals surface area contributed by atoms with Crippen molar-refractivity contribution < 1.29 is 0 Å². The highest BCUT2D eigenvalue weighted by molar-refractivity contribution is 7.27. The van der Waals surface area contributed by atoms with Crippen LogP contribution in [-0.4, -0.2) is 4.40 Å². The van der Waals surface area contributed by atoms with Gasteiger partial charge in [0.25, 0.3) is 0 Å². The van der Waals surface area contributed by atoms with E-state index < -0.39 is 0 Å². The highest BCUT2D eigenvalue weighted by atomic mass is 32.1. The Morgan fingerprint density at radius 3 is 1.41 bits per heavy atom. The molecule has 4 aromatic heterocycles. The van der Waals surface area contributed by atoms with Gasteiger partial charge in [-0.2, -0.15) is 0 Å². The van der Waals surface area contributed by atoms with Gasteiger partial charge < -0.3 is 9.30 Å². The summed E-state index contributed by atoms with van der Waals surface area (Å²) in [7, 11) is 0. The topological polar surface area (TPSA) is 7.65 Å². The predicted octanol–water partition coefficient (Wildman–Crippen LogP) is 15.8. The fraction of sp³-hybridized carbons (Fsp3) is 0. The summed E-state index contributed by atoms with van der Waals surface area (Å²) in [6.07, 6.45) is 4.30. The van der Waals surface area contributed by atoms with Gasteiger partial charge in [-0.25, -0.2) is 0 Å². The van der Waals surface area contributed by atoms with E-state index >= 15 is 0 Å². The first-order valence-electron chi connectivity index (χ1n) is 19.0. The molecule has 0 saturated carbocycles. The van der Waals surface area contributed by atoms with Crippen molar-refractivity contribution in [2.75, 3.05) is 4.90 Å². The van der Waals surface area contributed by atoms with E-state index in [1.807, 2.05) is 22.7 Å².